The van der Waals surface area contributed by atoms with Gasteiger partial charge >= 0.3 is 5.69 Å². The van der Waals surface area contributed by atoms with E-state index in [0.717, 1.165) is 5.56 Å². The molecule has 10 heteroatoms. The number of nitriles is 1. The molecular formula is C32H27N5O5. The van der Waals surface area contributed by atoms with Crippen molar-refractivity contribution in [3.8, 4) is 6.07 Å². The molecule has 210 valence electrons. The van der Waals surface area contributed by atoms with Crippen molar-refractivity contribution in [3.05, 3.63) is 138 Å². The lowest BCUT2D eigenvalue weighted by atomic mass is 9.95. The van der Waals surface area contributed by atoms with E-state index in [1.54, 1.807) is 63.2 Å². The van der Waals surface area contributed by atoms with Crippen LogP contribution in [0.2, 0.25) is 0 Å². The number of benzene rings is 2. The predicted octanol–water partition coefficient (Wildman–Crippen LogP) is 3.51. The lowest BCUT2D eigenvalue weighted by molar-refractivity contribution is 0.0979. The van der Waals surface area contributed by atoms with Gasteiger partial charge in [0, 0.05) is 29.0 Å². The van der Waals surface area contributed by atoms with Gasteiger partial charge in [-0.25, -0.2) is 4.79 Å². The molecule has 1 amide bonds. The molecule has 42 heavy (non-hydrogen) atoms. The van der Waals surface area contributed by atoms with Crippen LogP contribution in [0.4, 0.5) is 0 Å². The number of ketones is 2. The molecule has 0 spiro atoms. The third-order valence-corrected chi connectivity index (χ3v) is 6.57. The summed E-state index contributed by atoms with van der Waals surface area (Å²) in [5.74, 6) is -2.27. The molecule has 4 aromatic rings. The normalized spacial score (nSPS) is 11.0. The van der Waals surface area contributed by atoms with Crippen molar-refractivity contribution in [1.29, 1.82) is 5.26 Å². The van der Waals surface area contributed by atoms with Crippen molar-refractivity contribution >= 4 is 23.5 Å². The number of nitrogens with zero attached hydrogens (tertiary/aromatic N) is 3. The van der Waals surface area contributed by atoms with E-state index in [1.807, 2.05) is 6.07 Å². The number of H-pyrrole nitrogens is 1. The summed E-state index contributed by atoms with van der Waals surface area (Å²) in [6.45, 7) is 5.12. The molecule has 2 heterocycles. The van der Waals surface area contributed by atoms with E-state index in [-0.39, 0.29) is 40.2 Å². The van der Waals surface area contributed by atoms with E-state index < -0.39 is 34.6 Å². The van der Waals surface area contributed by atoms with Crippen molar-refractivity contribution < 1.29 is 14.4 Å². The van der Waals surface area contributed by atoms with Crippen LogP contribution in [0.5, 0.6) is 0 Å². The fourth-order valence-electron chi connectivity index (χ4n) is 4.74. The molecule has 0 radical (unpaired) electrons. The number of aromatic nitrogens is 3. The molecule has 10 nitrogen and oxygen atoms in total. The fraction of sp³-hybridized carbons (Fsp3) is 0.156. The van der Waals surface area contributed by atoms with Gasteiger partial charge in [-0.05, 0) is 65.9 Å². The second-order valence-electron chi connectivity index (χ2n) is 9.97. The Balaban J connectivity index is 1.85. The van der Waals surface area contributed by atoms with Crippen LogP contribution < -0.4 is 17.0 Å². The maximum Gasteiger partial charge on any atom is 0.329 e. The van der Waals surface area contributed by atoms with Crippen LogP contribution in [-0.4, -0.2) is 32.0 Å². The van der Waals surface area contributed by atoms with Crippen molar-refractivity contribution in [2.75, 3.05) is 0 Å². The number of amides is 1. The van der Waals surface area contributed by atoms with Gasteiger partial charge in [-0.2, -0.15) is 5.26 Å². The largest absolute Gasteiger partial charge is 0.366 e. The van der Waals surface area contributed by atoms with Gasteiger partial charge in [-0.15, -0.1) is 0 Å². The topological polar surface area (TPSA) is 169 Å². The number of allylic oxidation sites excluding steroid dienone is 1. The molecule has 0 unspecified atom stereocenters. The molecule has 0 bridgehead atoms. The average molecular weight is 562 g/mol. The van der Waals surface area contributed by atoms with Gasteiger partial charge in [0.15, 0.2) is 0 Å². The van der Waals surface area contributed by atoms with Crippen molar-refractivity contribution in [2.24, 2.45) is 5.73 Å². The van der Waals surface area contributed by atoms with Gasteiger partial charge in [-0.1, -0.05) is 38.1 Å². The first-order valence-corrected chi connectivity index (χ1v) is 13.0. The number of hydrogen-bond acceptors (Lipinski definition) is 7. The highest BCUT2D eigenvalue weighted by molar-refractivity contribution is 6.14. The molecular weight excluding hydrogens is 534 g/mol. The monoisotopic (exact) mass is 561 g/mol. The Hall–Kier alpha value is -5.69. The van der Waals surface area contributed by atoms with Gasteiger partial charge < -0.3 is 5.73 Å². The summed E-state index contributed by atoms with van der Waals surface area (Å²) < 4.78 is 1.17. The van der Waals surface area contributed by atoms with Crippen molar-refractivity contribution in [3.63, 3.8) is 0 Å². The van der Waals surface area contributed by atoms with E-state index in [2.05, 4.69) is 9.97 Å². The number of pyridine rings is 1. The number of nitrogens with one attached hydrogen (secondary N) is 1. The van der Waals surface area contributed by atoms with Crippen LogP contribution in [0.15, 0.2) is 76.5 Å². The first kappa shape index (κ1) is 29.3. The number of carbonyl (C=O) groups is 3. The number of hydrogen-bond donors (Lipinski definition) is 2. The molecule has 0 atom stereocenters. The lowest BCUT2D eigenvalue weighted by Gasteiger charge is -2.18. The summed E-state index contributed by atoms with van der Waals surface area (Å²) in [4.78, 5) is 71.7. The highest BCUT2D eigenvalue weighted by atomic mass is 16.2. The molecule has 0 aliphatic rings. The number of carbonyl (C=O) groups excluding carboxylic acids is 3. The Morgan fingerprint density at radius 1 is 1.05 bits per heavy atom. The minimum atomic E-state index is -0.797. The SMILES string of the molecule is Cc1cc(/C=C/C#N)cc(C(=O)c2c(C(C)C)c(=O)[nH]c(=O)n2Cc2ccnc(C(=O)c3ccccc3C(N)=O)c2)c1. The summed E-state index contributed by atoms with van der Waals surface area (Å²) in [6, 6.07) is 16.1. The number of aryl methyl sites for hydroxylation is 1. The summed E-state index contributed by atoms with van der Waals surface area (Å²) in [6.07, 6.45) is 4.23. The van der Waals surface area contributed by atoms with Crippen LogP contribution in [0, 0.1) is 18.3 Å². The van der Waals surface area contributed by atoms with E-state index in [0.29, 0.717) is 11.1 Å². The highest BCUT2D eigenvalue weighted by Gasteiger charge is 2.25. The van der Waals surface area contributed by atoms with Gasteiger partial charge in [0.05, 0.1) is 18.2 Å². The Labute approximate surface area is 240 Å². The van der Waals surface area contributed by atoms with Gasteiger partial charge in [0.1, 0.15) is 11.4 Å². The van der Waals surface area contributed by atoms with Crippen LogP contribution in [0.1, 0.15) is 84.5 Å². The zero-order chi connectivity index (χ0) is 30.6. The van der Waals surface area contributed by atoms with Crippen LogP contribution in [0.3, 0.4) is 0 Å². The van der Waals surface area contributed by atoms with Crippen LogP contribution >= 0.6 is 0 Å². The highest BCUT2D eigenvalue weighted by Crippen LogP contribution is 2.22. The third kappa shape index (κ3) is 6.05. The Kier molecular flexibility index (Phi) is 8.53. The van der Waals surface area contributed by atoms with Gasteiger partial charge in [0.25, 0.3) is 5.56 Å². The summed E-state index contributed by atoms with van der Waals surface area (Å²) >= 11 is 0. The Morgan fingerprint density at radius 3 is 2.43 bits per heavy atom. The summed E-state index contributed by atoms with van der Waals surface area (Å²) in [5, 5.41) is 8.92. The first-order chi connectivity index (χ1) is 20.0. The summed E-state index contributed by atoms with van der Waals surface area (Å²) in [7, 11) is 0. The van der Waals surface area contributed by atoms with Gasteiger partial charge in [-0.3, -0.25) is 33.7 Å². The molecule has 2 aromatic heterocycles. The number of nitrogens with two attached hydrogens (primary N) is 1. The molecule has 0 saturated heterocycles. The molecule has 4 rings (SSSR count). The zero-order valence-corrected chi connectivity index (χ0v) is 23.2. The molecule has 0 aliphatic carbocycles. The summed E-state index contributed by atoms with van der Waals surface area (Å²) in [5.41, 5.74) is 6.20. The molecule has 0 fully saturated rings. The number of aromatic amines is 1. The Bertz CT molecular complexity index is 1920. The fourth-order valence-corrected chi connectivity index (χ4v) is 4.74. The zero-order valence-electron chi connectivity index (χ0n) is 23.2. The molecule has 0 saturated carbocycles. The number of primary amides is 1. The minimum Gasteiger partial charge on any atom is -0.366 e. The van der Waals surface area contributed by atoms with Crippen molar-refractivity contribution in [1.82, 2.24) is 14.5 Å². The maximum atomic E-state index is 14.0. The Morgan fingerprint density at radius 2 is 1.76 bits per heavy atom. The van der Waals surface area contributed by atoms with Crippen molar-refractivity contribution in [2.45, 2.75) is 33.2 Å². The van der Waals surface area contributed by atoms with Crippen LogP contribution in [0.25, 0.3) is 6.08 Å². The first-order valence-electron chi connectivity index (χ1n) is 13.0. The quantitative estimate of drug-likeness (QED) is 0.233. The van der Waals surface area contributed by atoms with Crippen LogP contribution in [-0.2, 0) is 6.54 Å². The predicted molar refractivity (Wildman–Crippen MR) is 156 cm³/mol. The van der Waals surface area contributed by atoms with E-state index in [4.69, 9.17) is 11.0 Å². The van der Waals surface area contributed by atoms with Gasteiger partial charge in [0.2, 0.25) is 17.5 Å². The average Bonchev–Trinajstić information content (AvgIpc) is 2.96. The lowest BCUT2D eigenvalue weighted by Crippen LogP contribution is -2.38. The van der Waals surface area contributed by atoms with E-state index in [9.17, 15) is 24.0 Å². The maximum absolute atomic E-state index is 14.0. The standard InChI is InChI=1S/C32H27N5O5/c1-18(2)26-27(28(38)22-14-19(3)13-20(15-22)7-6-11-33)37(32(42)36-31(26)41)17-21-10-12-35-25(16-21)29(39)23-8-4-5-9-24(23)30(34)40/h4-10,12-16,18H,17H2,1-3H3,(H2,34,40)(H,36,41,42)/b7-6+. The second-order valence-corrected chi connectivity index (χ2v) is 9.97. The molecule has 2 aromatic carbocycles. The second kappa shape index (κ2) is 12.2. The van der Waals surface area contributed by atoms with E-state index >= 15 is 0 Å². The van der Waals surface area contributed by atoms with E-state index in [1.165, 1.54) is 35.0 Å². The molecule has 3 N–H and O–H groups in total. The number of rotatable bonds is 9. The third-order valence-electron chi connectivity index (χ3n) is 6.57. The smallest absolute Gasteiger partial charge is 0.329 e. The minimum absolute atomic E-state index is 0.00300. The molecule has 0 aliphatic heterocycles.